The normalized spacial score (nSPS) is 17.2. The fourth-order valence-corrected chi connectivity index (χ4v) is 6.60. The molecule has 0 unspecified atom stereocenters. The number of pyridine rings is 2. The number of carbonyl (C=O) groups is 1. The van der Waals surface area contributed by atoms with Crippen molar-refractivity contribution in [3.05, 3.63) is 69.6 Å². The fourth-order valence-electron chi connectivity index (χ4n) is 4.65. The molecule has 2 fully saturated rings. The summed E-state index contributed by atoms with van der Waals surface area (Å²) in [4.78, 5) is 30.3. The molecule has 0 spiro atoms. The summed E-state index contributed by atoms with van der Waals surface area (Å²) >= 11 is 0. The van der Waals surface area contributed by atoms with E-state index < -0.39 is 26.2 Å². The van der Waals surface area contributed by atoms with Crippen molar-refractivity contribution in [2.45, 2.75) is 37.0 Å². The Bertz CT molecular complexity index is 1600. The van der Waals surface area contributed by atoms with E-state index in [1.165, 1.54) is 28.2 Å². The molecule has 0 atom stereocenters. The molecule has 1 saturated heterocycles. The lowest BCUT2D eigenvalue weighted by Gasteiger charge is -2.26. The first-order valence-electron chi connectivity index (χ1n) is 12.7. The highest BCUT2D eigenvalue weighted by atomic mass is 32.2. The summed E-state index contributed by atoms with van der Waals surface area (Å²) in [7, 11) is -2.13. The monoisotopic (exact) mass is 551 g/mol. The summed E-state index contributed by atoms with van der Waals surface area (Å²) in [6, 6.07) is 12.0. The number of sulfonamides is 1. The highest BCUT2D eigenvalue weighted by Gasteiger charge is 2.58. The lowest BCUT2D eigenvalue weighted by atomic mass is 10.1. The zero-order chi connectivity index (χ0) is 27.6. The molecule has 204 valence electrons. The van der Waals surface area contributed by atoms with Crippen LogP contribution in [0.4, 0.5) is 0 Å². The van der Waals surface area contributed by atoms with Gasteiger partial charge in [0.15, 0.2) is 0 Å². The van der Waals surface area contributed by atoms with Gasteiger partial charge in [-0.1, -0.05) is 12.1 Å². The van der Waals surface area contributed by atoms with Crippen molar-refractivity contribution >= 4 is 26.8 Å². The van der Waals surface area contributed by atoms with Gasteiger partial charge in [0.1, 0.15) is 29.2 Å². The average Bonchev–Trinajstić information content (AvgIpc) is 3.78. The van der Waals surface area contributed by atoms with Gasteiger partial charge < -0.3 is 19.4 Å². The smallest absolute Gasteiger partial charge is 0.263 e. The van der Waals surface area contributed by atoms with Crippen LogP contribution in [0.5, 0.6) is 5.88 Å². The number of aryl methyl sites for hydroxylation is 1. The van der Waals surface area contributed by atoms with Gasteiger partial charge in [-0.3, -0.25) is 9.59 Å². The van der Waals surface area contributed by atoms with Gasteiger partial charge in [-0.25, -0.2) is 13.4 Å². The number of hydrogen-bond donors (Lipinski definition) is 1. The molecule has 2 aromatic heterocycles. The molecule has 5 rings (SSSR count). The molecule has 1 amide bonds. The highest BCUT2D eigenvalue weighted by molar-refractivity contribution is 7.90. The van der Waals surface area contributed by atoms with E-state index in [0.29, 0.717) is 42.5 Å². The molecule has 3 aromatic rings. The molecule has 1 saturated carbocycles. The van der Waals surface area contributed by atoms with Crippen LogP contribution in [-0.4, -0.2) is 59.4 Å². The summed E-state index contributed by atoms with van der Waals surface area (Å²) in [6.07, 6.45) is 4.00. The Morgan fingerprint density at radius 1 is 1.23 bits per heavy atom. The second-order valence-electron chi connectivity index (χ2n) is 9.86. The Morgan fingerprint density at radius 3 is 2.72 bits per heavy atom. The van der Waals surface area contributed by atoms with E-state index in [1.807, 2.05) is 6.07 Å². The van der Waals surface area contributed by atoms with Crippen LogP contribution in [0.2, 0.25) is 0 Å². The van der Waals surface area contributed by atoms with Gasteiger partial charge in [0, 0.05) is 38.3 Å². The van der Waals surface area contributed by atoms with Gasteiger partial charge in [-0.2, -0.15) is 9.57 Å². The van der Waals surface area contributed by atoms with Crippen molar-refractivity contribution < 1.29 is 22.7 Å². The second kappa shape index (κ2) is 10.8. The largest absolute Gasteiger partial charge is 0.474 e. The number of fused-ring (bicyclic) bond motifs is 1. The number of amides is 1. The van der Waals surface area contributed by atoms with Crippen LogP contribution in [0.3, 0.4) is 0 Å². The third kappa shape index (κ3) is 5.25. The molecule has 1 aliphatic carbocycles. The first-order chi connectivity index (χ1) is 18.8. The molecule has 12 heteroatoms. The van der Waals surface area contributed by atoms with Crippen molar-refractivity contribution in [3.8, 4) is 11.9 Å². The number of nitrogens with one attached hydrogen (secondary N) is 1. The SMILES string of the molecule is Cn1c(=O)c(C(=O)NCc2ccc(C#N)cc2)cc2ccnc(OCC3(S(=O)(=O)N4CCCCOC4)CC3)c21. The maximum atomic E-state index is 13.4. The molecule has 2 aliphatic rings. The maximum absolute atomic E-state index is 13.4. The van der Waals surface area contributed by atoms with E-state index in [9.17, 15) is 18.0 Å². The minimum absolute atomic E-state index is 0.0428. The number of nitriles is 1. The minimum Gasteiger partial charge on any atom is -0.474 e. The molecular weight excluding hydrogens is 522 g/mol. The Labute approximate surface area is 226 Å². The Hall–Kier alpha value is -3.79. The van der Waals surface area contributed by atoms with E-state index in [-0.39, 0.29) is 31.3 Å². The van der Waals surface area contributed by atoms with Crippen LogP contribution in [0.15, 0.2) is 47.4 Å². The van der Waals surface area contributed by atoms with E-state index in [4.69, 9.17) is 14.7 Å². The third-order valence-electron chi connectivity index (χ3n) is 7.22. The summed E-state index contributed by atoms with van der Waals surface area (Å²) in [6.45, 7) is 1.09. The first kappa shape index (κ1) is 26.8. The number of nitrogens with zero attached hydrogens (tertiary/aromatic N) is 4. The summed E-state index contributed by atoms with van der Waals surface area (Å²) in [5, 5.41) is 12.2. The minimum atomic E-state index is -3.65. The Kier molecular flexibility index (Phi) is 7.40. The summed E-state index contributed by atoms with van der Waals surface area (Å²) in [5.74, 6) is -0.408. The second-order valence-corrected chi connectivity index (χ2v) is 12.2. The van der Waals surface area contributed by atoms with Gasteiger partial charge in [0.25, 0.3) is 11.5 Å². The van der Waals surface area contributed by atoms with Crippen LogP contribution in [0.25, 0.3) is 10.9 Å². The van der Waals surface area contributed by atoms with E-state index in [2.05, 4.69) is 10.3 Å². The molecular formula is C27H29N5O6S. The predicted molar refractivity (Wildman–Crippen MR) is 142 cm³/mol. The van der Waals surface area contributed by atoms with Crippen molar-refractivity contribution in [1.29, 1.82) is 5.26 Å². The fraction of sp³-hybridized carbons (Fsp3) is 0.407. The van der Waals surface area contributed by atoms with Crippen molar-refractivity contribution in [2.75, 3.05) is 26.5 Å². The van der Waals surface area contributed by atoms with Crippen LogP contribution in [0, 0.1) is 11.3 Å². The molecule has 1 N–H and O–H groups in total. The molecule has 1 aliphatic heterocycles. The predicted octanol–water partition coefficient (Wildman–Crippen LogP) is 2.05. The van der Waals surface area contributed by atoms with E-state index >= 15 is 0 Å². The Morgan fingerprint density at radius 2 is 2.00 bits per heavy atom. The topological polar surface area (TPSA) is 144 Å². The van der Waals surface area contributed by atoms with Gasteiger partial charge >= 0.3 is 0 Å². The standard InChI is InChI=1S/C27H29N5O6S/c1-31-23-21(14-22(26(31)34)24(33)30-16-20-6-4-19(15-28)5-7-20)8-11-29-25(23)38-17-27(9-10-27)39(35,36)32-12-2-3-13-37-18-32/h4-8,11,14H,2-3,9-10,12-13,16-18H2,1H3,(H,30,33). The number of ether oxygens (including phenoxy) is 2. The lowest BCUT2D eigenvalue weighted by Crippen LogP contribution is -2.44. The molecule has 3 heterocycles. The van der Waals surface area contributed by atoms with Crippen molar-refractivity contribution in [3.63, 3.8) is 0 Å². The average molecular weight is 552 g/mol. The van der Waals surface area contributed by atoms with Crippen LogP contribution in [-0.2, 0) is 28.4 Å². The van der Waals surface area contributed by atoms with Gasteiger partial charge in [0.05, 0.1) is 11.6 Å². The van der Waals surface area contributed by atoms with Gasteiger partial charge in [-0.05, 0) is 55.5 Å². The third-order valence-corrected chi connectivity index (χ3v) is 9.81. The van der Waals surface area contributed by atoms with Crippen LogP contribution >= 0.6 is 0 Å². The Balaban J connectivity index is 1.35. The van der Waals surface area contributed by atoms with Crippen molar-refractivity contribution in [1.82, 2.24) is 19.2 Å². The number of carbonyl (C=O) groups excluding carboxylic acids is 1. The molecule has 1 aromatic carbocycles. The van der Waals surface area contributed by atoms with Crippen LogP contribution < -0.4 is 15.6 Å². The lowest BCUT2D eigenvalue weighted by molar-refractivity contribution is 0.0900. The molecule has 11 nitrogen and oxygen atoms in total. The van der Waals surface area contributed by atoms with Crippen molar-refractivity contribution in [2.24, 2.45) is 7.05 Å². The number of benzene rings is 1. The maximum Gasteiger partial charge on any atom is 0.263 e. The van der Waals surface area contributed by atoms with Gasteiger partial charge in [-0.15, -0.1) is 0 Å². The molecule has 39 heavy (non-hydrogen) atoms. The zero-order valence-electron chi connectivity index (χ0n) is 21.6. The number of rotatable bonds is 8. The highest BCUT2D eigenvalue weighted by Crippen LogP contribution is 2.46. The number of aromatic nitrogens is 2. The summed E-state index contributed by atoms with van der Waals surface area (Å²) < 4.78 is 39.8. The van der Waals surface area contributed by atoms with Gasteiger partial charge in [0.2, 0.25) is 15.9 Å². The quantitative estimate of drug-likeness (QED) is 0.448. The van der Waals surface area contributed by atoms with E-state index in [1.54, 1.807) is 30.3 Å². The first-order valence-corrected chi connectivity index (χ1v) is 14.2. The van der Waals surface area contributed by atoms with E-state index in [0.717, 1.165) is 18.4 Å². The van der Waals surface area contributed by atoms with Crippen LogP contribution in [0.1, 0.15) is 47.2 Å². The number of hydrogen-bond acceptors (Lipinski definition) is 8. The molecule has 0 bridgehead atoms. The zero-order valence-corrected chi connectivity index (χ0v) is 22.4. The molecule has 0 radical (unpaired) electrons. The summed E-state index contributed by atoms with van der Waals surface area (Å²) in [5.41, 5.74) is 1.10.